The van der Waals surface area contributed by atoms with Crippen LogP contribution in [0.25, 0.3) is 0 Å². The first-order valence-corrected chi connectivity index (χ1v) is 7.17. The zero-order chi connectivity index (χ0) is 13.0. The monoisotopic (exact) mass is 258 g/mol. The van der Waals surface area contributed by atoms with Crippen LogP contribution < -0.4 is 0 Å². The second-order valence-corrected chi connectivity index (χ2v) is 5.71. The van der Waals surface area contributed by atoms with Crippen LogP contribution in [-0.4, -0.2) is 5.78 Å². The molecule has 0 amide bonds. The molecule has 1 heterocycles. The zero-order valence-corrected chi connectivity index (χ0v) is 11.7. The molecule has 2 rings (SSSR count). The van der Waals surface area contributed by atoms with Crippen molar-refractivity contribution in [3.05, 3.63) is 57.3 Å². The summed E-state index contributed by atoms with van der Waals surface area (Å²) in [6.07, 6.45) is 2.59. The van der Waals surface area contributed by atoms with Crippen LogP contribution in [0.3, 0.4) is 0 Å². The van der Waals surface area contributed by atoms with E-state index in [1.165, 1.54) is 10.4 Å². The lowest BCUT2D eigenvalue weighted by atomic mass is 9.99. The van der Waals surface area contributed by atoms with E-state index in [0.717, 1.165) is 24.0 Å². The van der Waals surface area contributed by atoms with Crippen molar-refractivity contribution in [3.8, 4) is 0 Å². The summed E-state index contributed by atoms with van der Waals surface area (Å²) in [6, 6.07) is 10.2. The molecule has 0 unspecified atom stereocenters. The first-order chi connectivity index (χ1) is 8.66. The topological polar surface area (TPSA) is 17.1 Å². The quantitative estimate of drug-likeness (QED) is 0.718. The van der Waals surface area contributed by atoms with Crippen molar-refractivity contribution in [2.45, 2.75) is 33.1 Å². The number of aryl methyl sites for hydroxylation is 3. The third kappa shape index (κ3) is 3.30. The van der Waals surface area contributed by atoms with E-state index in [4.69, 9.17) is 0 Å². The number of carbonyl (C=O) groups is 1. The number of hydrogen-bond acceptors (Lipinski definition) is 2. The molecule has 0 aliphatic carbocycles. The van der Waals surface area contributed by atoms with Gasteiger partial charge in [-0.05, 0) is 43.7 Å². The van der Waals surface area contributed by atoms with Gasteiger partial charge in [0.15, 0.2) is 5.78 Å². The highest BCUT2D eigenvalue weighted by Crippen LogP contribution is 2.16. The molecule has 0 atom stereocenters. The molecule has 1 nitrogen and oxygen atoms in total. The highest BCUT2D eigenvalue weighted by molar-refractivity contribution is 7.09. The van der Waals surface area contributed by atoms with Crippen molar-refractivity contribution in [3.63, 3.8) is 0 Å². The average Bonchev–Trinajstić information content (AvgIpc) is 2.81. The fourth-order valence-corrected chi connectivity index (χ4v) is 2.89. The van der Waals surface area contributed by atoms with Crippen molar-refractivity contribution < 1.29 is 4.79 Å². The maximum atomic E-state index is 12.1. The summed E-state index contributed by atoms with van der Waals surface area (Å²) in [6.45, 7) is 4.07. The fraction of sp³-hybridized carbons (Fsp3) is 0.312. The molecule has 0 N–H and O–H groups in total. The van der Waals surface area contributed by atoms with Gasteiger partial charge in [0.25, 0.3) is 0 Å². The van der Waals surface area contributed by atoms with Crippen LogP contribution in [0.15, 0.2) is 35.7 Å². The molecule has 18 heavy (non-hydrogen) atoms. The Labute approximate surface area is 112 Å². The summed E-state index contributed by atoms with van der Waals surface area (Å²) in [5.74, 6) is 0.268. The molecule has 0 aliphatic rings. The van der Waals surface area contributed by atoms with Gasteiger partial charge in [-0.2, -0.15) is 0 Å². The molecule has 94 valence electrons. The first-order valence-electron chi connectivity index (χ1n) is 6.29. The van der Waals surface area contributed by atoms with Crippen molar-refractivity contribution >= 4 is 17.1 Å². The van der Waals surface area contributed by atoms with E-state index in [2.05, 4.69) is 30.5 Å². The minimum atomic E-state index is 0.268. The molecule has 1 aromatic heterocycles. The molecule has 0 bridgehead atoms. The standard InChI is InChI=1S/C16H18OS/c1-12-8-9-15(13(2)11-12)16(17)7-3-5-14-6-4-10-18-14/h4,6,8-11H,3,5,7H2,1-2H3. The van der Waals surface area contributed by atoms with Gasteiger partial charge in [0.05, 0.1) is 0 Å². The number of thiophene rings is 1. The second kappa shape index (κ2) is 5.96. The number of benzene rings is 1. The van der Waals surface area contributed by atoms with Crippen LogP contribution in [0.4, 0.5) is 0 Å². The Morgan fingerprint density at radius 3 is 2.72 bits per heavy atom. The van der Waals surface area contributed by atoms with Gasteiger partial charge in [-0.1, -0.05) is 29.8 Å². The predicted octanol–water partition coefficient (Wildman–Crippen LogP) is 4.57. The SMILES string of the molecule is Cc1ccc(C(=O)CCCc2cccs2)c(C)c1. The van der Waals surface area contributed by atoms with Crippen molar-refractivity contribution in [1.82, 2.24) is 0 Å². The Morgan fingerprint density at radius 1 is 1.22 bits per heavy atom. The summed E-state index contributed by atoms with van der Waals surface area (Å²) in [7, 11) is 0. The molecule has 1 aromatic carbocycles. The minimum absolute atomic E-state index is 0.268. The Kier molecular flexibility index (Phi) is 4.32. The summed E-state index contributed by atoms with van der Waals surface area (Å²) < 4.78 is 0. The molecule has 0 radical (unpaired) electrons. The summed E-state index contributed by atoms with van der Waals surface area (Å²) in [5, 5.41) is 2.08. The minimum Gasteiger partial charge on any atom is -0.294 e. The van der Waals surface area contributed by atoms with E-state index >= 15 is 0 Å². The van der Waals surface area contributed by atoms with Crippen molar-refractivity contribution in [1.29, 1.82) is 0 Å². The Hall–Kier alpha value is -1.41. The van der Waals surface area contributed by atoms with Gasteiger partial charge >= 0.3 is 0 Å². The van der Waals surface area contributed by atoms with Gasteiger partial charge in [0.1, 0.15) is 0 Å². The third-order valence-electron chi connectivity index (χ3n) is 3.09. The molecule has 0 aliphatic heterocycles. The van der Waals surface area contributed by atoms with Crippen LogP contribution in [0, 0.1) is 13.8 Å². The van der Waals surface area contributed by atoms with Crippen LogP contribution in [0.1, 0.15) is 39.2 Å². The van der Waals surface area contributed by atoms with Crippen LogP contribution in [0.5, 0.6) is 0 Å². The van der Waals surface area contributed by atoms with E-state index in [0.29, 0.717) is 6.42 Å². The second-order valence-electron chi connectivity index (χ2n) is 4.67. The normalized spacial score (nSPS) is 10.6. The van der Waals surface area contributed by atoms with Gasteiger partial charge in [-0.15, -0.1) is 11.3 Å². The summed E-state index contributed by atoms with van der Waals surface area (Å²) >= 11 is 1.76. The van der Waals surface area contributed by atoms with Gasteiger partial charge in [0, 0.05) is 16.9 Å². The van der Waals surface area contributed by atoms with E-state index in [9.17, 15) is 4.79 Å². The Balaban J connectivity index is 1.91. The largest absolute Gasteiger partial charge is 0.294 e. The lowest BCUT2D eigenvalue weighted by Gasteiger charge is -2.05. The summed E-state index contributed by atoms with van der Waals surface area (Å²) in [5.41, 5.74) is 3.19. The molecule has 2 heteroatoms. The molecule has 0 saturated heterocycles. The lowest BCUT2D eigenvalue weighted by molar-refractivity contribution is 0.0979. The van der Waals surface area contributed by atoms with Crippen LogP contribution >= 0.6 is 11.3 Å². The number of rotatable bonds is 5. The predicted molar refractivity (Wildman–Crippen MR) is 77.5 cm³/mol. The van der Waals surface area contributed by atoms with Gasteiger partial charge in [-0.25, -0.2) is 0 Å². The van der Waals surface area contributed by atoms with Crippen molar-refractivity contribution in [2.75, 3.05) is 0 Å². The molecular formula is C16H18OS. The first kappa shape index (κ1) is 13.0. The molecule has 0 saturated carbocycles. The van der Waals surface area contributed by atoms with Gasteiger partial charge in [-0.3, -0.25) is 4.79 Å². The maximum absolute atomic E-state index is 12.1. The molecule has 0 spiro atoms. The zero-order valence-electron chi connectivity index (χ0n) is 10.9. The highest BCUT2D eigenvalue weighted by atomic mass is 32.1. The maximum Gasteiger partial charge on any atom is 0.163 e. The highest BCUT2D eigenvalue weighted by Gasteiger charge is 2.08. The third-order valence-corrected chi connectivity index (χ3v) is 4.03. The number of carbonyl (C=O) groups excluding carboxylic acids is 1. The van der Waals surface area contributed by atoms with E-state index in [1.807, 2.05) is 19.1 Å². The van der Waals surface area contributed by atoms with E-state index < -0.39 is 0 Å². The Bertz CT molecular complexity index is 526. The molecule has 0 fully saturated rings. The van der Waals surface area contributed by atoms with Gasteiger partial charge in [0.2, 0.25) is 0 Å². The van der Waals surface area contributed by atoms with Crippen molar-refractivity contribution in [2.24, 2.45) is 0 Å². The summed E-state index contributed by atoms with van der Waals surface area (Å²) in [4.78, 5) is 13.5. The van der Waals surface area contributed by atoms with E-state index in [1.54, 1.807) is 11.3 Å². The number of hydrogen-bond donors (Lipinski definition) is 0. The smallest absolute Gasteiger partial charge is 0.163 e. The molecular weight excluding hydrogens is 240 g/mol. The number of ketones is 1. The molecule has 2 aromatic rings. The van der Waals surface area contributed by atoms with E-state index in [-0.39, 0.29) is 5.78 Å². The lowest BCUT2D eigenvalue weighted by Crippen LogP contribution is -2.02. The van der Waals surface area contributed by atoms with Gasteiger partial charge < -0.3 is 0 Å². The van der Waals surface area contributed by atoms with Crippen LogP contribution in [0.2, 0.25) is 0 Å². The fourth-order valence-electron chi connectivity index (χ4n) is 2.14. The average molecular weight is 258 g/mol. The van der Waals surface area contributed by atoms with Crippen LogP contribution in [-0.2, 0) is 6.42 Å². The number of Topliss-reactive ketones (excluding diaryl/α,β-unsaturated/α-hetero) is 1. The Morgan fingerprint density at radius 2 is 2.06 bits per heavy atom.